The van der Waals surface area contributed by atoms with Gasteiger partial charge in [0, 0.05) is 5.69 Å². The van der Waals surface area contributed by atoms with E-state index < -0.39 is 0 Å². The predicted molar refractivity (Wildman–Crippen MR) is 56.6 cm³/mol. The molecule has 0 aliphatic rings. The standard InChI is InChI=1S/C11H12N2/c12-8-13-11-6-5-9-3-1-2-4-10(9)7-11/h1-7,13H,8,12H2. The summed E-state index contributed by atoms with van der Waals surface area (Å²) in [6.45, 7) is 0.471. The van der Waals surface area contributed by atoms with E-state index in [4.69, 9.17) is 5.73 Å². The molecule has 2 aromatic carbocycles. The third-order valence-electron chi connectivity index (χ3n) is 2.06. The zero-order valence-corrected chi connectivity index (χ0v) is 7.33. The van der Waals surface area contributed by atoms with Crippen LogP contribution in [0.1, 0.15) is 0 Å². The zero-order chi connectivity index (χ0) is 9.10. The maximum absolute atomic E-state index is 5.39. The second-order valence-corrected chi connectivity index (χ2v) is 2.94. The molecule has 0 radical (unpaired) electrons. The minimum absolute atomic E-state index is 0.471. The first-order chi connectivity index (χ1) is 6.40. The van der Waals surface area contributed by atoms with Crippen molar-refractivity contribution in [3.63, 3.8) is 0 Å². The summed E-state index contributed by atoms with van der Waals surface area (Å²) >= 11 is 0. The van der Waals surface area contributed by atoms with E-state index in [1.807, 2.05) is 18.2 Å². The van der Waals surface area contributed by atoms with E-state index in [1.54, 1.807) is 0 Å². The highest BCUT2D eigenvalue weighted by Gasteiger charge is 1.93. The zero-order valence-electron chi connectivity index (χ0n) is 7.33. The van der Waals surface area contributed by atoms with Crippen LogP contribution in [0, 0.1) is 0 Å². The monoisotopic (exact) mass is 172 g/mol. The first kappa shape index (κ1) is 8.08. The minimum Gasteiger partial charge on any atom is -0.373 e. The van der Waals surface area contributed by atoms with Crippen molar-refractivity contribution in [2.45, 2.75) is 0 Å². The minimum atomic E-state index is 0.471. The summed E-state index contributed by atoms with van der Waals surface area (Å²) < 4.78 is 0. The Morgan fingerprint density at radius 3 is 2.54 bits per heavy atom. The number of anilines is 1. The number of nitrogens with one attached hydrogen (secondary N) is 1. The van der Waals surface area contributed by atoms with E-state index in [9.17, 15) is 0 Å². The Balaban J connectivity index is 2.49. The van der Waals surface area contributed by atoms with Gasteiger partial charge in [0.25, 0.3) is 0 Å². The molecule has 13 heavy (non-hydrogen) atoms. The molecule has 66 valence electrons. The molecule has 0 bridgehead atoms. The van der Waals surface area contributed by atoms with Crippen molar-refractivity contribution in [2.24, 2.45) is 5.73 Å². The summed E-state index contributed by atoms with van der Waals surface area (Å²) in [4.78, 5) is 0. The van der Waals surface area contributed by atoms with Crippen molar-refractivity contribution in [1.82, 2.24) is 0 Å². The van der Waals surface area contributed by atoms with Crippen LogP contribution in [0.25, 0.3) is 10.8 Å². The molecule has 2 aromatic rings. The van der Waals surface area contributed by atoms with Gasteiger partial charge in [-0.15, -0.1) is 0 Å². The molecule has 0 aromatic heterocycles. The Kier molecular flexibility index (Phi) is 2.15. The topological polar surface area (TPSA) is 38.0 Å². The van der Waals surface area contributed by atoms with Crippen LogP contribution in [0.3, 0.4) is 0 Å². The Hall–Kier alpha value is -1.54. The van der Waals surface area contributed by atoms with E-state index in [-0.39, 0.29) is 0 Å². The molecule has 0 amide bonds. The fourth-order valence-corrected chi connectivity index (χ4v) is 1.42. The van der Waals surface area contributed by atoms with Crippen LogP contribution in [0.2, 0.25) is 0 Å². The Morgan fingerprint density at radius 1 is 1.00 bits per heavy atom. The maximum Gasteiger partial charge on any atom is 0.0628 e. The average molecular weight is 172 g/mol. The largest absolute Gasteiger partial charge is 0.373 e. The number of benzene rings is 2. The summed E-state index contributed by atoms with van der Waals surface area (Å²) in [7, 11) is 0. The van der Waals surface area contributed by atoms with E-state index >= 15 is 0 Å². The normalized spacial score (nSPS) is 10.2. The van der Waals surface area contributed by atoms with Crippen LogP contribution in [0.15, 0.2) is 42.5 Å². The highest BCUT2D eigenvalue weighted by molar-refractivity contribution is 5.85. The highest BCUT2D eigenvalue weighted by atomic mass is 15.0. The SMILES string of the molecule is NCNc1ccc2ccccc2c1. The van der Waals surface area contributed by atoms with Crippen LogP contribution >= 0.6 is 0 Å². The van der Waals surface area contributed by atoms with Crippen molar-refractivity contribution in [3.8, 4) is 0 Å². The Morgan fingerprint density at radius 2 is 1.77 bits per heavy atom. The fourth-order valence-electron chi connectivity index (χ4n) is 1.42. The molecule has 2 nitrogen and oxygen atoms in total. The molecule has 3 N–H and O–H groups in total. The lowest BCUT2D eigenvalue weighted by Crippen LogP contribution is -2.10. The summed E-state index contributed by atoms with van der Waals surface area (Å²) in [6.07, 6.45) is 0. The van der Waals surface area contributed by atoms with Crippen LogP contribution in [-0.4, -0.2) is 6.67 Å². The number of hydrogen-bond acceptors (Lipinski definition) is 2. The first-order valence-corrected chi connectivity index (χ1v) is 4.33. The van der Waals surface area contributed by atoms with Crippen molar-refractivity contribution in [1.29, 1.82) is 0 Å². The van der Waals surface area contributed by atoms with Gasteiger partial charge in [0.15, 0.2) is 0 Å². The van der Waals surface area contributed by atoms with Gasteiger partial charge in [0.05, 0.1) is 6.67 Å². The number of nitrogens with two attached hydrogens (primary N) is 1. The average Bonchev–Trinajstić information content (AvgIpc) is 2.18. The van der Waals surface area contributed by atoms with Crippen molar-refractivity contribution < 1.29 is 0 Å². The van der Waals surface area contributed by atoms with Crippen molar-refractivity contribution >= 4 is 16.5 Å². The van der Waals surface area contributed by atoms with Crippen LogP contribution in [-0.2, 0) is 0 Å². The lowest BCUT2D eigenvalue weighted by molar-refractivity contribution is 1.15. The van der Waals surface area contributed by atoms with Gasteiger partial charge in [-0.1, -0.05) is 30.3 Å². The van der Waals surface area contributed by atoms with Gasteiger partial charge in [-0.3, -0.25) is 0 Å². The Labute approximate surface area is 77.4 Å². The smallest absolute Gasteiger partial charge is 0.0628 e. The molecule has 0 spiro atoms. The molecule has 0 unspecified atom stereocenters. The van der Waals surface area contributed by atoms with E-state index in [0.717, 1.165) is 5.69 Å². The molecule has 2 heteroatoms. The quantitative estimate of drug-likeness (QED) is 0.681. The summed E-state index contributed by atoms with van der Waals surface area (Å²) in [5.74, 6) is 0. The number of fused-ring (bicyclic) bond motifs is 1. The highest BCUT2D eigenvalue weighted by Crippen LogP contribution is 2.18. The Bertz CT molecular complexity index is 410. The molecular weight excluding hydrogens is 160 g/mol. The molecule has 0 aliphatic carbocycles. The summed E-state index contributed by atoms with van der Waals surface area (Å²) in [5.41, 5.74) is 6.46. The van der Waals surface area contributed by atoms with Gasteiger partial charge in [0.1, 0.15) is 0 Å². The van der Waals surface area contributed by atoms with E-state index in [1.165, 1.54) is 10.8 Å². The van der Waals surface area contributed by atoms with Gasteiger partial charge in [-0.05, 0) is 22.9 Å². The third-order valence-corrected chi connectivity index (χ3v) is 2.06. The van der Waals surface area contributed by atoms with Gasteiger partial charge >= 0.3 is 0 Å². The van der Waals surface area contributed by atoms with Gasteiger partial charge < -0.3 is 11.1 Å². The molecule has 2 rings (SSSR count). The second kappa shape index (κ2) is 3.46. The number of hydrogen-bond donors (Lipinski definition) is 2. The van der Waals surface area contributed by atoms with Crippen molar-refractivity contribution in [3.05, 3.63) is 42.5 Å². The van der Waals surface area contributed by atoms with Crippen molar-refractivity contribution in [2.75, 3.05) is 12.0 Å². The predicted octanol–water partition coefficient (Wildman–Crippen LogP) is 2.17. The fraction of sp³-hybridized carbons (Fsp3) is 0.0909. The molecule has 0 heterocycles. The van der Waals surface area contributed by atoms with Crippen LogP contribution < -0.4 is 11.1 Å². The summed E-state index contributed by atoms with van der Waals surface area (Å²) in [6, 6.07) is 14.5. The van der Waals surface area contributed by atoms with E-state index in [0.29, 0.717) is 6.67 Å². The lowest BCUT2D eigenvalue weighted by Gasteiger charge is -2.04. The van der Waals surface area contributed by atoms with E-state index in [2.05, 4.69) is 29.6 Å². The van der Waals surface area contributed by atoms with Crippen LogP contribution in [0.5, 0.6) is 0 Å². The summed E-state index contributed by atoms with van der Waals surface area (Å²) in [5, 5.41) is 5.57. The molecule has 0 atom stereocenters. The van der Waals surface area contributed by atoms with Gasteiger partial charge in [-0.25, -0.2) is 0 Å². The molecule has 0 saturated carbocycles. The molecule has 0 aliphatic heterocycles. The van der Waals surface area contributed by atoms with Gasteiger partial charge in [0.2, 0.25) is 0 Å². The maximum atomic E-state index is 5.39. The third kappa shape index (κ3) is 1.63. The molecule has 0 fully saturated rings. The molecular formula is C11H12N2. The number of rotatable bonds is 2. The first-order valence-electron chi connectivity index (χ1n) is 4.33. The van der Waals surface area contributed by atoms with Gasteiger partial charge in [-0.2, -0.15) is 0 Å². The second-order valence-electron chi connectivity index (χ2n) is 2.94. The molecule has 0 saturated heterocycles. The lowest BCUT2D eigenvalue weighted by atomic mass is 10.1. The van der Waals surface area contributed by atoms with Crippen LogP contribution in [0.4, 0.5) is 5.69 Å².